The Balaban J connectivity index is 2.19. The van der Waals surface area contributed by atoms with Crippen LogP contribution in [0.5, 0.6) is 5.75 Å². The second-order valence-corrected chi connectivity index (χ2v) is 6.11. The van der Waals surface area contributed by atoms with Gasteiger partial charge in [-0.2, -0.15) is 0 Å². The lowest BCUT2D eigenvalue weighted by Crippen LogP contribution is -2.28. The molecule has 8 heteroatoms. The lowest BCUT2D eigenvalue weighted by molar-refractivity contribution is -0.135. The molecule has 1 aliphatic heterocycles. The first-order chi connectivity index (χ1) is 12.0. The molecule has 1 aromatic carbocycles. The number of benzene rings is 1. The molecule has 0 bridgehead atoms. The van der Waals surface area contributed by atoms with Crippen LogP contribution >= 0.6 is 11.6 Å². The van der Waals surface area contributed by atoms with E-state index in [-0.39, 0.29) is 28.8 Å². The number of fused-ring (bicyclic) bond motifs is 3. The third-order valence-corrected chi connectivity index (χ3v) is 4.58. The summed E-state index contributed by atoms with van der Waals surface area (Å²) in [6, 6.07) is 1.67. The molecule has 0 radical (unpaired) electrons. The molecule has 2 heterocycles. The molecular formula is C17H19ClFN3O3. The van der Waals surface area contributed by atoms with Crippen LogP contribution in [0.25, 0.3) is 10.9 Å². The van der Waals surface area contributed by atoms with Gasteiger partial charge in [-0.3, -0.25) is 4.79 Å². The largest absolute Gasteiger partial charge is 0.495 e. The van der Waals surface area contributed by atoms with Gasteiger partial charge in [0, 0.05) is 31.1 Å². The minimum absolute atomic E-state index is 0.000596. The molecule has 0 aliphatic carbocycles. The standard InChI is InChI=1S/C17H19ClFN3O3/c1-4-20-17-11-7-22(13(23)8-24-2)6-10(11)9-5-12(25-3)14(18)15(19)16(9)21-17/h5H,4,6-8H2,1-3H3,(H,20,21). The molecule has 0 saturated heterocycles. The molecule has 25 heavy (non-hydrogen) atoms. The number of carbonyl (C=O) groups excluding carboxylic acids is 1. The summed E-state index contributed by atoms with van der Waals surface area (Å²) in [5.74, 6) is 0.0572. The number of aromatic nitrogens is 1. The zero-order valence-corrected chi connectivity index (χ0v) is 15.0. The molecule has 1 aliphatic rings. The monoisotopic (exact) mass is 367 g/mol. The Hall–Kier alpha value is -2.12. The number of carbonyl (C=O) groups is 1. The number of halogens is 2. The summed E-state index contributed by atoms with van der Waals surface area (Å²) in [6.45, 7) is 3.31. The number of nitrogens with zero attached hydrogens (tertiary/aromatic N) is 2. The molecule has 1 aromatic heterocycles. The fourth-order valence-electron chi connectivity index (χ4n) is 3.06. The first-order valence-electron chi connectivity index (χ1n) is 7.89. The van der Waals surface area contributed by atoms with Crippen molar-refractivity contribution in [3.63, 3.8) is 0 Å². The van der Waals surface area contributed by atoms with Gasteiger partial charge in [-0.05, 0) is 18.6 Å². The molecule has 0 saturated carbocycles. The summed E-state index contributed by atoms with van der Waals surface area (Å²) >= 11 is 6.03. The number of pyridine rings is 1. The van der Waals surface area contributed by atoms with Crippen molar-refractivity contribution in [2.45, 2.75) is 20.0 Å². The number of anilines is 1. The SMILES string of the molecule is CCNc1nc2c(F)c(Cl)c(OC)cc2c2c1CN(C(=O)COC)C2. The predicted octanol–water partition coefficient (Wildman–Crippen LogP) is 2.96. The number of ether oxygens (including phenoxy) is 2. The van der Waals surface area contributed by atoms with Crippen LogP contribution in [-0.2, 0) is 22.6 Å². The Morgan fingerprint density at radius 2 is 2.12 bits per heavy atom. The van der Waals surface area contributed by atoms with Crippen LogP contribution in [0.4, 0.5) is 10.2 Å². The predicted molar refractivity (Wildman–Crippen MR) is 93.6 cm³/mol. The van der Waals surface area contributed by atoms with Gasteiger partial charge < -0.3 is 19.7 Å². The van der Waals surface area contributed by atoms with Crippen molar-refractivity contribution < 1.29 is 18.7 Å². The van der Waals surface area contributed by atoms with Crippen molar-refractivity contribution in [2.24, 2.45) is 0 Å². The lowest BCUT2D eigenvalue weighted by Gasteiger charge is -2.14. The van der Waals surface area contributed by atoms with E-state index in [9.17, 15) is 9.18 Å². The van der Waals surface area contributed by atoms with Crippen LogP contribution in [0, 0.1) is 5.82 Å². The average Bonchev–Trinajstić information content (AvgIpc) is 3.05. The van der Waals surface area contributed by atoms with E-state index in [1.54, 1.807) is 11.0 Å². The van der Waals surface area contributed by atoms with Gasteiger partial charge in [-0.1, -0.05) is 11.6 Å². The quantitative estimate of drug-likeness (QED) is 0.880. The molecule has 3 rings (SSSR count). The Labute approximate surface area is 149 Å². The average molecular weight is 368 g/mol. The maximum Gasteiger partial charge on any atom is 0.249 e. The van der Waals surface area contributed by atoms with E-state index in [0.717, 1.165) is 11.1 Å². The van der Waals surface area contributed by atoms with Crippen LogP contribution in [0.1, 0.15) is 18.1 Å². The van der Waals surface area contributed by atoms with Crippen molar-refractivity contribution in [1.82, 2.24) is 9.88 Å². The smallest absolute Gasteiger partial charge is 0.249 e. The molecule has 6 nitrogen and oxygen atoms in total. The highest BCUT2D eigenvalue weighted by Crippen LogP contribution is 2.40. The van der Waals surface area contributed by atoms with Gasteiger partial charge in [0.1, 0.15) is 28.7 Å². The number of hydrogen-bond acceptors (Lipinski definition) is 5. The summed E-state index contributed by atoms with van der Waals surface area (Å²) in [5.41, 5.74) is 1.89. The molecule has 134 valence electrons. The van der Waals surface area contributed by atoms with Crippen LogP contribution in [0.3, 0.4) is 0 Å². The molecular weight excluding hydrogens is 349 g/mol. The van der Waals surface area contributed by atoms with Gasteiger partial charge in [-0.25, -0.2) is 9.37 Å². The zero-order chi connectivity index (χ0) is 18.1. The maximum atomic E-state index is 14.7. The van der Waals surface area contributed by atoms with Crippen molar-refractivity contribution in [1.29, 1.82) is 0 Å². The molecule has 0 atom stereocenters. The molecule has 0 unspecified atom stereocenters. The minimum atomic E-state index is -0.625. The van der Waals surface area contributed by atoms with Crippen LogP contribution in [-0.4, -0.2) is 43.2 Å². The molecule has 1 amide bonds. The highest BCUT2D eigenvalue weighted by atomic mass is 35.5. The van der Waals surface area contributed by atoms with Crippen molar-refractivity contribution in [2.75, 3.05) is 32.7 Å². The van der Waals surface area contributed by atoms with E-state index < -0.39 is 5.82 Å². The van der Waals surface area contributed by atoms with Crippen LogP contribution in [0.2, 0.25) is 5.02 Å². The fourth-order valence-corrected chi connectivity index (χ4v) is 3.28. The molecule has 1 N–H and O–H groups in total. The Bertz CT molecular complexity index is 844. The third-order valence-electron chi connectivity index (χ3n) is 4.23. The summed E-state index contributed by atoms with van der Waals surface area (Å²) < 4.78 is 24.8. The van der Waals surface area contributed by atoms with Gasteiger partial charge in [0.25, 0.3) is 0 Å². The van der Waals surface area contributed by atoms with E-state index >= 15 is 0 Å². The summed E-state index contributed by atoms with van der Waals surface area (Å²) in [5, 5.41) is 3.64. The van der Waals surface area contributed by atoms with Crippen molar-refractivity contribution >= 4 is 34.2 Å². The summed E-state index contributed by atoms with van der Waals surface area (Å²) in [4.78, 5) is 18.3. The number of hydrogen-bond donors (Lipinski definition) is 1. The number of amides is 1. The summed E-state index contributed by atoms with van der Waals surface area (Å²) in [7, 11) is 2.91. The van der Waals surface area contributed by atoms with E-state index in [2.05, 4.69) is 10.3 Å². The van der Waals surface area contributed by atoms with Gasteiger partial charge in [0.2, 0.25) is 5.91 Å². The third kappa shape index (κ3) is 2.98. The topological polar surface area (TPSA) is 63.7 Å². The maximum absolute atomic E-state index is 14.7. The Kier molecular flexibility index (Phi) is 4.96. The van der Waals surface area contributed by atoms with Crippen LogP contribution < -0.4 is 10.1 Å². The highest BCUT2D eigenvalue weighted by molar-refractivity contribution is 6.33. The number of methoxy groups -OCH3 is 2. The summed E-state index contributed by atoms with van der Waals surface area (Å²) in [6.07, 6.45) is 0. The number of nitrogens with one attached hydrogen (secondary N) is 1. The first-order valence-corrected chi connectivity index (χ1v) is 8.27. The zero-order valence-electron chi connectivity index (χ0n) is 14.3. The first kappa shape index (κ1) is 17.7. The van der Waals surface area contributed by atoms with Gasteiger partial charge in [0.05, 0.1) is 13.7 Å². The second-order valence-electron chi connectivity index (χ2n) is 5.73. The van der Waals surface area contributed by atoms with Gasteiger partial charge in [-0.15, -0.1) is 0 Å². The number of rotatable bonds is 5. The molecule has 2 aromatic rings. The second kappa shape index (κ2) is 7.01. The van der Waals surface area contributed by atoms with Crippen molar-refractivity contribution in [3.05, 3.63) is 28.0 Å². The van der Waals surface area contributed by atoms with Crippen molar-refractivity contribution in [3.8, 4) is 5.75 Å². The van der Waals surface area contributed by atoms with Crippen LogP contribution in [0.15, 0.2) is 6.07 Å². The van der Waals surface area contributed by atoms with E-state index in [1.165, 1.54) is 14.2 Å². The van der Waals surface area contributed by atoms with Gasteiger partial charge >= 0.3 is 0 Å². The van der Waals surface area contributed by atoms with E-state index in [4.69, 9.17) is 21.1 Å². The Morgan fingerprint density at radius 3 is 2.76 bits per heavy atom. The van der Waals surface area contributed by atoms with E-state index in [1.807, 2.05) is 6.92 Å². The molecule has 0 fully saturated rings. The lowest BCUT2D eigenvalue weighted by atomic mass is 10.0. The normalized spacial score (nSPS) is 13.2. The Morgan fingerprint density at radius 1 is 1.40 bits per heavy atom. The molecule has 0 spiro atoms. The van der Waals surface area contributed by atoms with E-state index in [0.29, 0.717) is 30.8 Å². The fraction of sp³-hybridized carbons (Fsp3) is 0.412. The minimum Gasteiger partial charge on any atom is -0.495 e. The van der Waals surface area contributed by atoms with Gasteiger partial charge in [0.15, 0.2) is 5.82 Å². The highest BCUT2D eigenvalue weighted by Gasteiger charge is 2.30.